The number of ether oxygens (including phenoxy) is 1. The summed E-state index contributed by atoms with van der Waals surface area (Å²) in [6.07, 6.45) is 2.70. The highest BCUT2D eigenvalue weighted by Crippen LogP contribution is 2.24. The van der Waals surface area contributed by atoms with Gasteiger partial charge in [-0.25, -0.2) is 0 Å². The zero-order valence-electron chi connectivity index (χ0n) is 14.5. The van der Waals surface area contributed by atoms with Crippen LogP contribution < -0.4 is 15.8 Å². The van der Waals surface area contributed by atoms with E-state index in [-0.39, 0.29) is 18.3 Å². The lowest BCUT2D eigenvalue weighted by atomic mass is 10.0. The lowest BCUT2D eigenvalue weighted by Crippen LogP contribution is -2.40. The summed E-state index contributed by atoms with van der Waals surface area (Å²) in [6.45, 7) is 0.490. The smallest absolute Gasteiger partial charge is 0.237 e. The average molecular weight is 381 g/mol. The summed E-state index contributed by atoms with van der Waals surface area (Å²) >= 11 is 1.69. The second-order valence-corrected chi connectivity index (χ2v) is 6.52. The molecule has 0 unspecified atom stereocenters. The summed E-state index contributed by atoms with van der Waals surface area (Å²) < 4.78 is 5.25. The molecule has 2 aromatic rings. The summed E-state index contributed by atoms with van der Waals surface area (Å²) in [5.41, 5.74) is 9.12. The maximum absolute atomic E-state index is 11.9. The number of nitrogens with one attached hydrogen (secondary N) is 1. The van der Waals surface area contributed by atoms with Gasteiger partial charge in [0.2, 0.25) is 5.91 Å². The van der Waals surface area contributed by atoms with Gasteiger partial charge in [0.25, 0.3) is 0 Å². The molecule has 0 bridgehead atoms. The lowest BCUT2D eigenvalue weighted by molar-refractivity contribution is -0.122. The van der Waals surface area contributed by atoms with Crippen LogP contribution in [-0.2, 0) is 11.3 Å². The number of hydrogen-bond donors (Lipinski definition) is 2. The third-order valence-electron chi connectivity index (χ3n) is 3.79. The number of methoxy groups -OCH3 is 1. The Bertz CT molecular complexity index is 665. The Kier molecular flexibility index (Phi) is 9.42. The fourth-order valence-electron chi connectivity index (χ4n) is 2.31. The van der Waals surface area contributed by atoms with E-state index in [1.807, 2.05) is 54.8 Å². The quantitative estimate of drug-likeness (QED) is 0.735. The van der Waals surface area contributed by atoms with Gasteiger partial charge in [0.15, 0.2) is 0 Å². The molecule has 0 aliphatic carbocycles. The summed E-state index contributed by atoms with van der Waals surface area (Å²) in [7, 11) is 1.66. The van der Waals surface area contributed by atoms with Crippen LogP contribution in [-0.4, -0.2) is 31.1 Å². The third kappa shape index (κ3) is 6.61. The predicted octanol–water partition coefficient (Wildman–Crippen LogP) is 3.48. The Labute approximate surface area is 159 Å². The van der Waals surface area contributed by atoms with Crippen LogP contribution in [0.15, 0.2) is 48.5 Å². The van der Waals surface area contributed by atoms with Gasteiger partial charge in [-0.2, -0.15) is 11.8 Å². The van der Waals surface area contributed by atoms with Gasteiger partial charge >= 0.3 is 0 Å². The average Bonchev–Trinajstić information content (AvgIpc) is 2.64. The zero-order chi connectivity index (χ0) is 17.4. The minimum Gasteiger partial charge on any atom is -0.497 e. The highest BCUT2D eigenvalue weighted by atomic mass is 35.5. The van der Waals surface area contributed by atoms with Crippen LogP contribution in [0, 0.1) is 0 Å². The maximum atomic E-state index is 11.9. The minimum atomic E-state index is -0.437. The molecule has 2 rings (SSSR count). The van der Waals surface area contributed by atoms with E-state index in [0.717, 1.165) is 28.2 Å². The highest BCUT2D eigenvalue weighted by Gasteiger charge is 2.12. The summed E-state index contributed by atoms with van der Waals surface area (Å²) in [4.78, 5) is 11.9. The normalized spacial score (nSPS) is 11.3. The van der Waals surface area contributed by atoms with Crippen molar-refractivity contribution in [2.24, 2.45) is 5.73 Å². The van der Waals surface area contributed by atoms with E-state index in [0.29, 0.717) is 13.0 Å². The van der Waals surface area contributed by atoms with E-state index in [2.05, 4.69) is 5.32 Å². The molecule has 1 atom stereocenters. The summed E-state index contributed by atoms with van der Waals surface area (Å²) in [5, 5.41) is 2.89. The lowest BCUT2D eigenvalue weighted by Gasteiger charge is -2.12. The first-order valence-electron chi connectivity index (χ1n) is 7.89. The van der Waals surface area contributed by atoms with Gasteiger partial charge in [-0.1, -0.05) is 36.4 Å². The molecule has 0 aliphatic heterocycles. The molecule has 0 aliphatic rings. The Hall–Kier alpha value is -1.69. The minimum absolute atomic E-state index is 0. The van der Waals surface area contributed by atoms with Gasteiger partial charge in [0.05, 0.1) is 13.2 Å². The second kappa shape index (κ2) is 11.0. The SMILES string of the molecule is COc1cccc(-c2ccc(CNC(=O)[C@@H](N)CCSC)cc2)c1.Cl. The number of carbonyl (C=O) groups is 1. The monoisotopic (exact) mass is 380 g/mol. The molecular formula is C19H25ClN2O2S. The number of benzene rings is 2. The van der Waals surface area contributed by atoms with Crippen molar-refractivity contribution in [3.8, 4) is 16.9 Å². The van der Waals surface area contributed by atoms with Crippen molar-refractivity contribution in [2.45, 2.75) is 19.0 Å². The third-order valence-corrected chi connectivity index (χ3v) is 4.44. The molecule has 0 heterocycles. The molecule has 4 nitrogen and oxygen atoms in total. The van der Waals surface area contributed by atoms with Gasteiger partial charge in [-0.3, -0.25) is 4.79 Å². The maximum Gasteiger partial charge on any atom is 0.237 e. The Morgan fingerprint density at radius 3 is 2.56 bits per heavy atom. The predicted molar refractivity (Wildman–Crippen MR) is 108 cm³/mol. The molecule has 0 spiro atoms. The van der Waals surface area contributed by atoms with E-state index in [1.165, 1.54) is 0 Å². The molecule has 0 aromatic heterocycles. The number of thioether (sulfide) groups is 1. The van der Waals surface area contributed by atoms with Gasteiger partial charge in [0, 0.05) is 6.54 Å². The molecule has 0 saturated carbocycles. The first-order valence-corrected chi connectivity index (χ1v) is 9.29. The first kappa shape index (κ1) is 21.4. The highest BCUT2D eigenvalue weighted by molar-refractivity contribution is 7.98. The topological polar surface area (TPSA) is 64.3 Å². The fraction of sp³-hybridized carbons (Fsp3) is 0.316. The number of rotatable bonds is 8. The molecule has 1 amide bonds. The molecule has 3 N–H and O–H groups in total. The van der Waals surface area contributed by atoms with Gasteiger partial charge in [-0.05, 0) is 47.3 Å². The molecule has 136 valence electrons. The summed E-state index contributed by atoms with van der Waals surface area (Å²) in [5.74, 6) is 1.63. The van der Waals surface area contributed by atoms with Crippen LogP contribution in [0.2, 0.25) is 0 Å². The van der Waals surface area contributed by atoms with E-state index in [1.54, 1.807) is 18.9 Å². The fourth-order valence-corrected chi connectivity index (χ4v) is 2.80. The van der Waals surface area contributed by atoms with Crippen molar-refractivity contribution in [1.29, 1.82) is 0 Å². The van der Waals surface area contributed by atoms with Gasteiger partial charge in [0.1, 0.15) is 5.75 Å². The molecule has 0 radical (unpaired) electrons. The molecule has 25 heavy (non-hydrogen) atoms. The Balaban J connectivity index is 0.00000312. The van der Waals surface area contributed by atoms with E-state index < -0.39 is 6.04 Å². The van der Waals surface area contributed by atoms with Crippen LogP contribution in [0.3, 0.4) is 0 Å². The van der Waals surface area contributed by atoms with Crippen LogP contribution in [0.5, 0.6) is 5.75 Å². The van der Waals surface area contributed by atoms with Crippen molar-refractivity contribution in [1.82, 2.24) is 5.32 Å². The van der Waals surface area contributed by atoms with E-state index in [9.17, 15) is 4.79 Å². The molecule has 0 saturated heterocycles. The van der Waals surface area contributed by atoms with Crippen LogP contribution >= 0.6 is 24.2 Å². The molecule has 6 heteroatoms. The standard InChI is InChI=1S/C19H24N2O2S.ClH/c1-23-17-5-3-4-16(12-17)15-8-6-14(7-9-15)13-21-19(22)18(20)10-11-24-2;/h3-9,12,18H,10-11,13,20H2,1-2H3,(H,21,22);1H/t18-;/m0./s1. The number of nitrogens with two attached hydrogens (primary N) is 1. The van der Waals surface area contributed by atoms with Crippen molar-refractivity contribution in [3.05, 3.63) is 54.1 Å². The molecule has 0 fully saturated rings. The molecule has 2 aromatic carbocycles. The van der Waals surface area contributed by atoms with E-state index >= 15 is 0 Å². The Morgan fingerprint density at radius 2 is 1.92 bits per heavy atom. The van der Waals surface area contributed by atoms with Gasteiger partial charge in [-0.15, -0.1) is 12.4 Å². The second-order valence-electron chi connectivity index (χ2n) is 5.53. The Morgan fingerprint density at radius 1 is 1.20 bits per heavy atom. The zero-order valence-corrected chi connectivity index (χ0v) is 16.2. The number of hydrogen-bond acceptors (Lipinski definition) is 4. The van der Waals surface area contributed by atoms with Crippen molar-refractivity contribution < 1.29 is 9.53 Å². The van der Waals surface area contributed by atoms with Crippen LogP contribution in [0.1, 0.15) is 12.0 Å². The first-order chi connectivity index (χ1) is 11.6. The number of halogens is 1. The molecular weight excluding hydrogens is 356 g/mol. The van der Waals surface area contributed by atoms with Gasteiger partial charge < -0.3 is 15.8 Å². The van der Waals surface area contributed by atoms with Crippen LogP contribution in [0.25, 0.3) is 11.1 Å². The van der Waals surface area contributed by atoms with Crippen molar-refractivity contribution >= 4 is 30.1 Å². The summed E-state index contributed by atoms with van der Waals surface area (Å²) in [6, 6.07) is 15.6. The van der Waals surface area contributed by atoms with Crippen molar-refractivity contribution in [3.63, 3.8) is 0 Å². The van der Waals surface area contributed by atoms with Crippen LogP contribution in [0.4, 0.5) is 0 Å². The largest absolute Gasteiger partial charge is 0.497 e. The number of carbonyl (C=O) groups excluding carboxylic acids is 1. The number of amides is 1. The van der Waals surface area contributed by atoms with E-state index in [4.69, 9.17) is 10.5 Å². The van der Waals surface area contributed by atoms with Crippen molar-refractivity contribution in [2.75, 3.05) is 19.1 Å².